The highest BCUT2D eigenvalue weighted by Crippen LogP contribution is 2.17. The second-order valence-electron chi connectivity index (χ2n) is 3.21. The van der Waals surface area contributed by atoms with Gasteiger partial charge in [-0.1, -0.05) is 0 Å². The Morgan fingerprint density at radius 2 is 1.71 bits per heavy atom. The molecule has 0 saturated heterocycles. The lowest BCUT2D eigenvalue weighted by atomic mass is 10.3. The summed E-state index contributed by atoms with van der Waals surface area (Å²) < 4.78 is 38.5. The van der Waals surface area contributed by atoms with Crippen LogP contribution in [0.15, 0.2) is 24.4 Å². The van der Waals surface area contributed by atoms with Crippen molar-refractivity contribution < 1.29 is 13.2 Å². The summed E-state index contributed by atoms with van der Waals surface area (Å²) in [6, 6.07) is 2.82. The van der Waals surface area contributed by atoms with Gasteiger partial charge in [-0.05, 0) is 12.1 Å². The van der Waals surface area contributed by atoms with Crippen LogP contribution in [0.5, 0.6) is 0 Å². The molecule has 0 atom stereocenters. The molecular formula is C10H7F3N4. The molecule has 1 aromatic heterocycles. The second kappa shape index (κ2) is 4.28. The Morgan fingerprint density at radius 3 is 2.29 bits per heavy atom. The Balaban J connectivity index is 2.28. The summed E-state index contributed by atoms with van der Waals surface area (Å²) in [5.41, 5.74) is 5.32. The quantitative estimate of drug-likeness (QED) is 0.844. The minimum atomic E-state index is -0.763. The molecule has 0 saturated carbocycles. The first-order valence-electron chi connectivity index (χ1n) is 4.56. The zero-order valence-corrected chi connectivity index (χ0v) is 8.42. The highest BCUT2D eigenvalue weighted by Gasteiger charge is 2.05. The topological polar surface area (TPSA) is 63.8 Å². The number of nitrogens with zero attached hydrogens (tertiary/aromatic N) is 2. The Morgan fingerprint density at radius 1 is 1.06 bits per heavy atom. The summed E-state index contributed by atoms with van der Waals surface area (Å²) in [6.07, 6.45) is 0.861. The van der Waals surface area contributed by atoms with Crippen molar-refractivity contribution in [1.82, 2.24) is 9.97 Å². The highest BCUT2D eigenvalue weighted by atomic mass is 19.1. The number of hydrogen-bond donors (Lipinski definition) is 2. The summed E-state index contributed by atoms with van der Waals surface area (Å²) >= 11 is 0. The van der Waals surface area contributed by atoms with Crippen LogP contribution >= 0.6 is 0 Å². The number of aromatic nitrogens is 2. The standard InChI is InChI=1S/C10H7F3N4/c11-5-1-6(12)3-7(2-5)16-10-15-4-8(13)9(14)17-10/h1-4H,(H3,14,15,16,17). The molecule has 0 amide bonds. The first-order valence-corrected chi connectivity index (χ1v) is 4.56. The monoisotopic (exact) mass is 240 g/mol. The maximum Gasteiger partial charge on any atom is 0.229 e. The van der Waals surface area contributed by atoms with Crippen molar-refractivity contribution in [2.24, 2.45) is 0 Å². The third kappa shape index (κ3) is 2.63. The average Bonchev–Trinajstić information content (AvgIpc) is 2.22. The number of nitrogen functional groups attached to an aromatic ring is 1. The van der Waals surface area contributed by atoms with E-state index >= 15 is 0 Å². The van der Waals surface area contributed by atoms with E-state index in [4.69, 9.17) is 5.73 Å². The van der Waals surface area contributed by atoms with Crippen LogP contribution in [0.2, 0.25) is 0 Å². The molecule has 0 unspecified atom stereocenters. The molecule has 2 aromatic rings. The lowest BCUT2D eigenvalue weighted by Gasteiger charge is -2.05. The van der Waals surface area contributed by atoms with Gasteiger partial charge in [0.15, 0.2) is 11.6 Å². The first kappa shape index (κ1) is 11.2. The Bertz CT molecular complexity index is 539. The lowest BCUT2D eigenvalue weighted by Crippen LogP contribution is -2.02. The normalized spacial score (nSPS) is 10.3. The fourth-order valence-electron chi connectivity index (χ4n) is 1.20. The van der Waals surface area contributed by atoms with E-state index in [1.54, 1.807) is 0 Å². The van der Waals surface area contributed by atoms with Crippen LogP contribution < -0.4 is 11.1 Å². The van der Waals surface area contributed by atoms with E-state index in [1.165, 1.54) is 0 Å². The van der Waals surface area contributed by atoms with Crippen LogP contribution in [0, 0.1) is 17.5 Å². The van der Waals surface area contributed by atoms with Crippen molar-refractivity contribution in [3.8, 4) is 0 Å². The fourth-order valence-corrected chi connectivity index (χ4v) is 1.20. The number of anilines is 3. The molecule has 17 heavy (non-hydrogen) atoms. The zero-order valence-electron chi connectivity index (χ0n) is 8.42. The molecule has 3 N–H and O–H groups in total. The summed E-state index contributed by atoms with van der Waals surface area (Å²) in [5, 5.41) is 2.50. The molecule has 1 aromatic carbocycles. The number of hydrogen-bond acceptors (Lipinski definition) is 4. The summed E-state index contributed by atoms with van der Waals surface area (Å²) in [5.74, 6) is -2.65. The van der Waals surface area contributed by atoms with Gasteiger partial charge in [-0.25, -0.2) is 18.2 Å². The molecular weight excluding hydrogens is 233 g/mol. The maximum atomic E-state index is 12.9. The van der Waals surface area contributed by atoms with Crippen LogP contribution in [0.1, 0.15) is 0 Å². The molecule has 0 fully saturated rings. The van der Waals surface area contributed by atoms with Crippen molar-refractivity contribution in [1.29, 1.82) is 0 Å². The van der Waals surface area contributed by atoms with Crippen LogP contribution in [-0.4, -0.2) is 9.97 Å². The minimum Gasteiger partial charge on any atom is -0.381 e. The summed E-state index contributed by atoms with van der Waals surface area (Å²) in [4.78, 5) is 7.13. The van der Waals surface area contributed by atoms with Crippen molar-refractivity contribution in [3.05, 3.63) is 41.8 Å². The average molecular weight is 240 g/mol. The third-order valence-electron chi connectivity index (χ3n) is 1.89. The predicted octanol–water partition coefficient (Wildman–Crippen LogP) is 2.22. The lowest BCUT2D eigenvalue weighted by molar-refractivity contribution is 0.584. The number of nitrogens with one attached hydrogen (secondary N) is 1. The van der Waals surface area contributed by atoms with E-state index < -0.39 is 17.5 Å². The number of halogens is 3. The molecule has 2 rings (SSSR count). The molecule has 0 bridgehead atoms. The van der Waals surface area contributed by atoms with Crippen molar-refractivity contribution in [3.63, 3.8) is 0 Å². The molecule has 1 heterocycles. The van der Waals surface area contributed by atoms with Gasteiger partial charge in [-0.15, -0.1) is 0 Å². The molecule has 0 aliphatic carbocycles. The largest absolute Gasteiger partial charge is 0.381 e. The maximum absolute atomic E-state index is 12.9. The van der Waals surface area contributed by atoms with Gasteiger partial charge < -0.3 is 11.1 Å². The molecule has 7 heteroatoms. The van der Waals surface area contributed by atoms with Crippen molar-refractivity contribution in [2.45, 2.75) is 0 Å². The summed E-state index contributed by atoms with van der Waals surface area (Å²) in [6.45, 7) is 0. The van der Waals surface area contributed by atoms with E-state index in [1.807, 2.05) is 0 Å². The van der Waals surface area contributed by atoms with Crippen molar-refractivity contribution >= 4 is 17.5 Å². The molecule has 4 nitrogen and oxygen atoms in total. The number of rotatable bonds is 2. The first-order chi connectivity index (χ1) is 8.04. The van der Waals surface area contributed by atoms with Gasteiger partial charge in [-0.2, -0.15) is 4.98 Å². The van der Waals surface area contributed by atoms with Crippen LogP contribution in [-0.2, 0) is 0 Å². The third-order valence-corrected chi connectivity index (χ3v) is 1.89. The van der Waals surface area contributed by atoms with Gasteiger partial charge in [0, 0.05) is 11.8 Å². The van der Waals surface area contributed by atoms with Gasteiger partial charge in [0.25, 0.3) is 0 Å². The van der Waals surface area contributed by atoms with Crippen LogP contribution in [0.3, 0.4) is 0 Å². The van der Waals surface area contributed by atoms with E-state index in [9.17, 15) is 13.2 Å². The molecule has 0 spiro atoms. The Hall–Kier alpha value is -2.31. The predicted molar refractivity (Wildman–Crippen MR) is 56.0 cm³/mol. The Kier molecular flexibility index (Phi) is 2.82. The van der Waals surface area contributed by atoms with Gasteiger partial charge >= 0.3 is 0 Å². The van der Waals surface area contributed by atoms with E-state index in [0.717, 1.165) is 24.4 Å². The summed E-state index contributed by atoms with van der Waals surface area (Å²) in [7, 11) is 0. The molecule has 0 radical (unpaired) electrons. The minimum absolute atomic E-state index is 0.0473. The fraction of sp³-hybridized carbons (Fsp3) is 0. The van der Waals surface area contributed by atoms with Crippen LogP contribution in [0.25, 0.3) is 0 Å². The van der Waals surface area contributed by atoms with E-state index in [-0.39, 0.29) is 17.5 Å². The van der Waals surface area contributed by atoms with Gasteiger partial charge in [0.1, 0.15) is 11.6 Å². The van der Waals surface area contributed by atoms with E-state index in [0.29, 0.717) is 0 Å². The van der Waals surface area contributed by atoms with Crippen LogP contribution in [0.4, 0.5) is 30.6 Å². The smallest absolute Gasteiger partial charge is 0.229 e. The Labute approximate surface area is 94.3 Å². The highest BCUT2D eigenvalue weighted by molar-refractivity contribution is 5.54. The number of benzene rings is 1. The van der Waals surface area contributed by atoms with Gasteiger partial charge in [0.2, 0.25) is 5.95 Å². The molecule has 0 aliphatic heterocycles. The molecule has 0 aliphatic rings. The van der Waals surface area contributed by atoms with Crippen molar-refractivity contribution in [2.75, 3.05) is 11.1 Å². The van der Waals surface area contributed by atoms with Gasteiger partial charge in [-0.3, -0.25) is 0 Å². The molecule has 88 valence electrons. The van der Waals surface area contributed by atoms with Gasteiger partial charge in [0.05, 0.1) is 6.20 Å². The second-order valence-corrected chi connectivity index (χ2v) is 3.21. The SMILES string of the molecule is Nc1nc(Nc2cc(F)cc(F)c2)ncc1F. The zero-order chi connectivity index (χ0) is 12.4. The number of nitrogens with two attached hydrogens (primary N) is 1. The van der Waals surface area contributed by atoms with E-state index in [2.05, 4.69) is 15.3 Å².